The number of hydrogen-bond donors (Lipinski definition) is 1. The number of nitrogen functional groups attached to an aromatic ring is 1. The molecule has 0 amide bonds. The summed E-state index contributed by atoms with van der Waals surface area (Å²) in [5.74, 6) is -1.74. The highest BCUT2D eigenvalue weighted by molar-refractivity contribution is 7.99. The van der Waals surface area contributed by atoms with E-state index in [0.717, 1.165) is 23.4 Å². The van der Waals surface area contributed by atoms with Gasteiger partial charge in [-0.05, 0) is 61.9 Å². The summed E-state index contributed by atoms with van der Waals surface area (Å²) in [7, 11) is -4.24. The van der Waals surface area contributed by atoms with E-state index < -0.39 is 38.2 Å². The van der Waals surface area contributed by atoms with Gasteiger partial charge in [-0.3, -0.25) is 0 Å². The molecule has 3 heterocycles. The molecule has 5 unspecified atom stereocenters. The monoisotopic (exact) mass is 596 g/mol. The van der Waals surface area contributed by atoms with Crippen LogP contribution in [0.25, 0.3) is 0 Å². The fourth-order valence-electron chi connectivity index (χ4n) is 5.93. The third kappa shape index (κ3) is 4.98. The second-order valence-electron chi connectivity index (χ2n) is 10.0. The Hall–Kier alpha value is -2.14. The fraction of sp³-hybridized carbons (Fsp3) is 0.464. The Morgan fingerprint density at radius 2 is 2.05 bits per heavy atom. The van der Waals surface area contributed by atoms with Crippen LogP contribution in [0.1, 0.15) is 38.2 Å². The summed E-state index contributed by atoms with van der Waals surface area (Å²) in [5, 5.41) is -0.261. The van der Waals surface area contributed by atoms with Crippen LogP contribution in [0.2, 0.25) is 0 Å². The highest BCUT2D eigenvalue weighted by atomic mass is 35.5. The SMILES string of the molecule is CCC1C=CC(S(=O)(=O)C23CCOC(CCSc4cccnc4N)C2COc2c(F)ccc(F)c23)=CCC1Cl. The number of pyridine rings is 1. The molecule has 1 fully saturated rings. The first kappa shape index (κ1) is 28.4. The summed E-state index contributed by atoms with van der Waals surface area (Å²) in [6.07, 6.45) is 7.57. The minimum atomic E-state index is -4.24. The van der Waals surface area contributed by atoms with E-state index in [0.29, 0.717) is 24.4 Å². The first-order valence-electron chi connectivity index (χ1n) is 13.0. The molecule has 210 valence electrons. The van der Waals surface area contributed by atoms with Crippen LogP contribution in [-0.4, -0.2) is 43.8 Å². The van der Waals surface area contributed by atoms with E-state index in [2.05, 4.69) is 4.98 Å². The van der Waals surface area contributed by atoms with E-state index in [1.165, 1.54) is 11.8 Å². The van der Waals surface area contributed by atoms with Gasteiger partial charge in [0.25, 0.3) is 0 Å². The highest BCUT2D eigenvalue weighted by Gasteiger charge is 2.61. The van der Waals surface area contributed by atoms with Crippen molar-refractivity contribution in [3.05, 3.63) is 70.8 Å². The van der Waals surface area contributed by atoms with Crippen molar-refractivity contribution in [2.24, 2.45) is 11.8 Å². The van der Waals surface area contributed by atoms with E-state index >= 15 is 4.39 Å². The number of ether oxygens (including phenoxy) is 2. The molecule has 2 aromatic rings. The molecular formula is C28H31ClF2N2O4S2. The zero-order valence-electron chi connectivity index (χ0n) is 21.5. The molecule has 3 aliphatic rings. The van der Waals surface area contributed by atoms with Gasteiger partial charge in [0.05, 0.1) is 23.2 Å². The molecule has 2 aliphatic heterocycles. The van der Waals surface area contributed by atoms with Crippen molar-refractivity contribution in [2.75, 3.05) is 24.7 Å². The number of aromatic nitrogens is 1. The van der Waals surface area contributed by atoms with Gasteiger partial charge in [-0.1, -0.05) is 19.1 Å². The average Bonchev–Trinajstić information content (AvgIpc) is 3.12. The van der Waals surface area contributed by atoms with Crippen molar-refractivity contribution in [3.8, 4) is 5.75 Å². The Labute approximate surface area is 236 Å². The van der Waals surface area contributed by atoms with Crippen molar-refractivity contribution >= 4 is 39.0 Å². The van der Waals surface area contributed by atoms with Gasteiger partial charge in [-0.2, -0.15) is 0 Å². The van der Waals surface area contributed by atoms with Gasteiger partial charge in [0.2, 0.25) is 0 Å². The number of fused-ring (bicyclic) bond motifs is 3. The molecule has 0 bridgehead atoms. The van der Waals surface area contributed by atoms with Crippen LogP contribution in [0.5, 0.6) is 5.75 Å². The van der Waals surface area contributed by atoms with Gasteiger partial charge in [0, 0.05) is 34.7 Å². The summed E-state index contributed by atoms with van der Waals surface area (Å²) in [6, 6.07) is 5.59. The third-order valence-electron chi connectivity index (χ3n) is 7.98. The molecule has 5 rings (SSSR count). The number of alkyl halides is 1. The van der Waals surface area contributed by atoms with Crippen LogP contribution >= 0.6 is 23.4 Å². The summed E-state index contributed by atoms with van der Waals surface area (Å²) in [5.41, 5.74) is 5.73. The zero-order chi connectivity index (χ0) is 27.8. The lowest BCUT2D eigenvalue weighted by Gasteiger charge is -2.50. The van der Waals surface area contributed by atoms with E-state index in [-0.39, 0.29) is 47.1 Å². The fourth-order valence-corrected chi connectivity index (χ4v) is 9.65. The summed E-state index contributed by atoms with van der Waals surface area (Å²) in [4.78, 5) is 4.98. The number of benzene rings is 1. The number of halogens is 3. The van der Waals surface area contributed by atoms with Crippen LogP contribution in [0.4, 0.5) is 14.6 Å². The number of allylic oxidation sites excluding steroid dienone is 3. The van der Waals surface area contributed by atoms with Crippen LogP contribution in [-0.2, 0) is 19.3 Å². The van der Waals surface area contributed by atoms with Crippen LogP contribution in [0.3, 0.4) is 0 Å². The second-order valence-corrected chi connectivity index (χ2v) is 13.9. The molecule has 39 heavy (non-hydrogen) atoms. The molecule has 1 aromatic carbocycles. The van der Waals surface area contributed by atoms with Gasteiger partial charge in [-0.15, -0.1) is 23.4 Å². The lowest BCUT2D eigenvalue weighted by molar-refractivity contribution is -0.0728. The first-order valence-corrected chi connectivity index (χ1v) is 15.9. The number of anilines is 1. The highest BCUT2D eigenvalue weighted by Crippen LogP contribution is 2.56. The maximum absolute atomic E-state index is 15.6. The predicted octanol–water partition coefficient (Wildman–Crippen LogP) is 6.01. The van der Waals surface area contributed by atoms with Crippen molar-refractivity contribution < 1.29 is 26.7 Å². The van der Waals surface area contributed by atoms with Gasteiger partial charge in [0.15, 0.2) is 21.4 Å². The molecule has 1 aromatic heterocycles. The Balaban J connectivity index is 1.56. The Bertz CT molecular complexity index is 1400. The van der Waals surface area contributed by atoms with Crippen molar-refractivity contribution in [1.82, 2.24) is 4.98 Å². The van der Waals surface area contributed by atoms with Crippen LogP contribution < -0.4 is 10.5 Å². The first-order chi connectivity index (χ1) is 18.7. The molecule has 5 atom stereocenters. The molecule has 1 aliphatic carbocycles. The maximum atomic E-state index is 15.6. The van der Waals surface area contributed by atoms with Gasteiger partial charge < -0.3 is 15.2 Å². The normalized spacial score (nSPS) is 28.6. The molecule has 1 saturated heterocycles. The summed E-state index contributed by atoms with van der Waals surface area (Å²) in [6.45, 7) is 1.94. The Kier molecular flexibility index (Phi) is 8.29. The van der Waals surface area contributed by atoms with Crippen molar-refractivity contribution in [2.45, 2.75) is 53.7 Å². The minimum Gasteiger partial charge on any atom is -0.490 e. The second kappa shape index (κ2) is 11.4. The third-order valence-corrected chi connectivity index (χ3v) is 12.2. The molecule has 6 nitrogen and oxygen atoms in total. The lowest BCUT2D eigenvalue weighted by Crippen LogP contribution is -2.57. The largest absolute Gasteiger partial charge is 0.490 e. The lowest BCUT2D eigenvalue weighted by atomic mass is 9.75. The quantitative estimate of drug-likeness (QED) is 0.309. The summed E-state index contributed by atoms with van der Waals surface area (Å²) < 4.78 is 70.0. The number of sulfone groups is 1. The molecule has 0 spiro atoms. The minimum absolute atomic E-state index is 0.000514. The molecule has 0 radical (unpaired) electrons. The number of nitrogens with zero attached hydrogens (tertiary/aromatic N) is 1. The van der Waals surface area contributed by atoms with E-state index in [4.69, 9.17) is 26.8 Å². The van der Waals surface area contributed by atoms with E-state index in [1.807, 2.05) is 19.1 Å². The van der Waals surface area contributed by atoms with Gasteiger partial charge >= 0.3 is 0 Å². The zero-order valence-corrected chi connectivity index (χ0v) is 23.9. The molecule has 0 saturated carbocycles. The Morgan fingerprint density at radius 1 is 1.26 bits per heavy atom. The van der Waals surface area contributed by atoms with Crippen molar-refractivity contribution in [3.63, 3.8) is 0 Å². The smallest absolute Gasteiger partial charge is 0.188 e. The maximum Gasteiger partial charge on any atom is 0.188 e. The predicted molar refractivity (Wildman–Crippen MR) is 150 cm³/mol. The topological polar surface area (TPSA) is 91.5 Å². The van der Waals surface area contributed by atoms with Gasteiger partial charge in [-0.25, -0.2) is 22.2 Å². The Morgan fingerprint density at radius 3 is 2.82 bits per heavy atom. The number of thioether (sulfide) groups is 1. The molecule has 11 heteroatoms. The van der Waals surface area contributed by atoms with Crippen LogP contribution in [0.15, 0.2) is 58.5 Å². The number of rotatable bonds is 7. The average molecular weight is 597 g/mol. The molecule has 2 N–H and O–H groups in total. The van der Waals surface area contributed by atoms with E-state index in [9.17, 15) is 12.8 Å². The van der Waals surface area contributed by atoms with E-state index in [1.54, 1.807) is 24.4 Å². The molecular weight excluding hydrogens is 566 g/mol. The van der Waals surface area contributed by atoms with Crippen LogP contribution in [0, 0.1) is 23.5 Å². The number of nitrogens with two attached hydrogens (primary N) is 1. The summed E-state index contributed by atoms with van der Waals surface area (Å²) >= 11 is 8.02. The van der Waals surface area contributed by atoms with Crippen molar-refractivity contribution in [1.29, 1.82) is 0 Å². The standard InChI is InChI=1S/C28H31ClF2N2O4S2/c1-2-17-5-6-18(7-8-20(17)29)39(34,35)28-12-14-36-23(11-15-38-24-4-3-13-33-27(24)32)19(28)16-37-26-22(31)10-9-21(30)25(26)28/h3-7,9-10,13,17,19-20,23H,2,8,11-12,14-16H2,1H3,(H2,32,33). The van der Waals surface area contributed by atoms with Gasteiger partial charge in [0.1, 0.15) is 16.4 Å². The number of hydrogen-bond acceptors (Lipinski definition) is 7.